The molecule has 0 saturated heterocycles. The van der Waals surface area contributed by atoms with Crippen LogP contribution in [0, 0.1) is 0 Å². The summed E-state index contributed by atoms with van der Waals surface area (Å²) in [5, 5.41) is 9.81. The fourth-order valence-corrected chi connectivity index (χ4v) is 4.02. The Kier molecular flexibility index (Phi) is 19.7. The van der Waals surface area contributed by atoms with Crippen molar-refractivity contribution in [2.24, 2.45) is 0 Å². The van der Waals surface area contributed by atoms with E-state index in [0.29, 0.717) is 6.92 Å². The Bertz CT molecular complexity index is 1520. The zero-order valence-electron chi connectivity index (χ0n) is 28.5. The molecule has 0 spiro atoms. The number of aliphatic hydroxyl groups is 1. The SMILES string of the molecule is C=C(C)C(=O)OCC(O)(COP(=O)([O-])[O-])C(F)(F)C(F)(F)C(F)(F)C(F)(F)C(F)(F)C(F)(F)C(F)CCCC(F)(F)C(F)(F)C(F)(F)C(F)(F)C(F)(F)C(F)(F)F.[Na+].[Na+]. The summed E-state index contributed by atoms with van der Waals surface area (Å²) in [7, 11) is -6.86. The molecule has 36 heteroatoms. The molecular formula is C23H17F26Na2O7P. The van der Waals surface area contributed by atoms with Crippen LogP contribution in [0.3, 0.4) is 0 Å². The van der Waals surface area contributed by atoms with E-state index in [9.17, 15) is 138 Å². The van der Waals surface area contributed by atoms with Gasteiger partial charge in [0.25, 0.3) is 0 Å². The van der Waals surface area contributed by atoms with E-state index in [1.807, 2.05) is 0 Å². The van der Waals surface area contributed by atoms with E-state index in [-0.39, 0.29) is 59.1 Å². The third-order valence-corrected chi connectivity index (χ3v) is 7.62. The Labute approximate surface area is 354 Å². The number of ether oxygens (including phenoxy) is 1. The number of esters is 1. The molecule has 0 amide bonds. The largest absolute Gasteiger partial charge is 1.00 e. The molecule has 0 aromatic rings. The van der Waals surface area contributed by atoms with Crippen LogP contribution in [0.5, 0.6) is 0 Å². The van der Waals surface area contributed by atoms with Gasteiger partial charge in [0.1, 0.15) is 6.61 Å². The van der Waals surface area contributed by atoms with Gasteiger partial charge in [0.05, 0.1) is 14.4 Å². The van der Waals surface area contributed by atoms with Gasteiger partial charge in [-0.25, -0.2) is 9.18 Å². The summed E-state index contributed by atoms with van der Waals surface area (Å²) in [6, 6.07) is 0. The molecule has 59 heavy (non-hydrogen) atoms. The van der Waals surface area contributed by atoms with Crippen LogP contribution in [-0.4, -0.2) is 107 Å². The van der Waals surface area contributed by atoms with Crippen molar-refractivity contribution in [1.29, 1.82) is 0 Å². The molecule has 2 unspecified atom stereocenters. The first-order valence-corrected chi connectivity index (χ1v) is 15.0. The second kappa shape index (κ2) is 18.5. The number of hydrogen-bond donors (Lipinski definition) is 1. The number of alkyl halides is 26. The van der Waals surface area contributed by atoms with Gasteiger partial charge in [0, 0.05) is 12.0 Å². The van der Waals surface area contributed by atoms with Gasteiger partial charge in [-0.1, -0.05) is 6.58 Å². The zero-order valence-corrected chi connectivity index (χ0v) is 33.4. The zero-order chi connectivity index (χ0) is 46.7. The van der Waals surface area contributed by atoms with Crippen LogP contribution in [0.1, 0.15) is 26.2 Å². The Morgan fingerprint density at radius 3 is 1.31 bits per heavy atom. The molecule has 0 aliphatic rings. The van der Waals surface area contributed by atoms with Crippen molar-refractivity contribution < 1.29 is 207 Å². The van der Waals surface area contributed by atoms with Crippen molar-refractivity contribution in [1.82, 2.24) is 0 Å². The minimum absolute atomic E-state index is 0. The summed E-state index contributed by atoms with van der Waals surface area (Å²) >= 11 is 0. The molecule has 340 valence electrons. The van der Waals surface area contributed by atoms with Crippen molar-refractivity contribution in [3.05, 3.63) is 12.2 Å². The van der Waals surface area contributed by atoms with Crippen molar-refractivity contribution in [3.63, 3.8) is 0 Å². The molecule has 0 aliphatic heterocycles. The summed E-state index contributed by atoms with van der Waals surface area (Å²) in [4.78, 5) is 32.6. The first-order valence-electron chi connectivity index (χ1n) is 13.5. The molecule has 0 fully saturated rings. The molecule has 1 N–H and O–H groups in total. The predicted octanol–water partition coefficient (Wildman–Crippen LogP) is 1.75. The quantitative estimate of drug-likeness (QED) is 0.0613. The van der Waals surface area contributed by atoms with E-state index < -0.39 is 135 Å². The first-order chi connectivity index (χ1) is 24.4. The standard InChI is InChI=1S/C23H19F26O7P.2Na/c1-8(2)10(50)55-6-11(51,7-56-57(52,53)54)14(29,30)17(35,36)20(41,42)19(39,40)16(33,34)13(27,28)9(24)4-3-5-12(25,26)15(31,32)18(37,38)21(43,44)22(45,46)23(47,48)49;;/h9,51H,1,3-7H2,2H3,(H2,52,53,54);;/q;2*+1/p-2. The summed E-state index contributed by atoms with van der Waals surface area (Å²) in [6.45, 7) is -3.14. The number of phosphoric ester groups is 1. The Morgan fingerprint density at radius 2 is 0.949 bits per heavy atom. The average Bonchev–Trinajstić information content (AvgIpc) is 3.00. The molecule has 2 atom stereocenters. The number of rotatable bonds is 21. The molecule has 0 aromatic carbocycles. The predicted molar refractivity (Wildman–Crippen MR) is 124 cm³/mol. The fraction of sp³-hybridized carbons (Fsp3) is 0.870. The molecule has 0 aliphatic carbocycles. The maximum Gasteiger partial charge on any atom is 1.00 e. The van der Waals surface area contributed by atoms with Gasteiger partial charge < -0.3 is 28.7 Å². The van der Waals surface area contributed by atoms with Crippen molar-refractivity contribution in [2.45, 2.75) is 109 Å². The topological polar surface area (TPSA) is 119 Å². The Hall–Kier alpha value is -0.540. The molecule has 0 heterocycles. The van der Waals surface area contributed by atoms with E-state index in [0.717, 1.165) is 0 Å². The van der Waals surface area contributed by atoms with E-state index in [2.05, 4.69) is 15.8 Å². The minimum Gasteiger partial charge on any atom is -0.790 e. The van der Waals surface area contributed by atoms with Crippen molar-refractivity contribution >= 4 is 13.8 Å². The van der Waals surface area contributed by atoms with Gasteiger partial charge in [-0.2, -0.15) is 110 Å². The van der Waals surface area contributed by atoms with Crippen LogP contribution in [0.2, 0.25) is 0 Å². The van der Waals surface area contributed by atoms with Crippen LogP contribution < -0.4 is 68.9 Å². The number of phosphoric acid groups is 1. The smallest absolute Gasteiger partial charge is 0.790 e. The Morgan fingerprint density at radius 1 is 0.610 bits per heavy atom. The van der Waals surface area contributed by atoms with Crippen LogP contribution in [0.15, 0.2) is 12.2 Å². The normalized spacial score (nSPS) is 16.7. The van der Waals surface area contributed by atoms with E-state index in [1.165, 1.54) is 0 Å². The van der Waals surface area contributed by atoms with Crippen LogP contribution in [-0.2, 0) is 18.6 Å². The third kappa shape index (κ3) is 10.7. The second-order valence-electron chi connectivity index (χ2n) is 11.5. The molecule has 0 saturated carbocycles. The van der Waals surface area contributed by atoms with Gasteiger partial charge in [-0.3, -0.25) is 0 Å². The fourth-order valence-electron chi connectivity index (χ4n) is 3.65. The van der Waals surface area contributed by atoms with Crippen LogP contribution in [0.25, 0.3) is 0 Å². The molecule has 0 rings (SSSR count). The summed E-state index contributed by atoms with van der Waals surface area (Å²) < 4.78 is 375. The van der Waals surface area contributed by atoms with Crippen molar-refractivity contribution in [3.8, 4) is 0 Å². The number of hydrogen-bond acceptors (Lipinski definition) is 7. The molecule has 0 radical (unpaired) electrons. The van der Waals surface area contributed by atoms with Gasteiger partial charge in [-0.05, 0) is 19.8 Å². The van der Waals surface area contributed by atoms with Gasteiger partial charge in [0.15, 0.2) is 11.8 Å². The van der Waals surface area contributed by atoms with Gasteiger partial charge in [0.2, 0.25) is 0 Å². The van der Waals surface area contributed by atoms with Crippen LogP contribution in [0.4, 0.5) is 114 Å². The molecular weight excluding hydrogens is 959 g/mol. The second-order valence-corrected chi connectivity index (χ2v) is 12.6. The van der Waals surface area contributed by atoms with Crippen LogP contribution >= 0.6 is 7.82 Å². The first kappa shape index (κ1) is 62.8. The molecule has 0 aromatic heterocycles. The van der Waals surface area contributed by atoms with E-state index >= 15 is 0 Å². The third-order valence-electron chi connectivity index (χ3n) is 7.17. The average molecular weight is 976 g/mol. The summed E-state index contributed by atoms with van der Waals surface area (Å²) in [5.41, 5.74) is -6.77. The van der Waals surface area contributed by atoms with Crippen molar-refractivity contribution in [2.75, 3.05) is 13.2 Å². The number of carbonyl (C=O) groups excluding carboxylic acids is 1. The van der Waals surface area contributed by atoms with Gasteiger partial charge >= 0.3 is 136 Å². The minimum atomic E-state index is -8.89. The summed E-state index contributed by atoms with van der Waals surface area (Å²) in [5.74, 6) is -93.5. The molecule has 7 nitrogen and oxygen atoms in total. The number of carbonyl (C=O) groups is 1. The maximum absolute atomic E-state index is 14.8. The van der Waals surface area contributed by atoms with Gasteiger partial charge in [-0.15, -0.1) is 0 Å². The maximum atomic E-state index is 14.8. The number of halogens is 26. The summed E-state index contributed by atoms with van der Waals surface area (Å²) in [6.07, 6.45) is -23.5. The Balaban J connectivity index is -0.0000157. The van der Waals surface area contributed by atoms with E-state index in [4.69, 9.17) is 0 Å². The molecule has 0 bridgehead atoms. The van der Waals surface area contributed by atoms with E-state index in [1.54, 1.807) is 0 Å². The monoisotopic (exact) mass is 976 g/mol.